The zero-order chi connectivity index (χ0) is 17.8. The summed E-state index contributed by atoms with van der Waals surface area (Å²) in [5.41, 5.74) is 1.08. The Balaban J connectivity index is 1.62. The van der Waals surface area contributed by atoms with Gasteiger partial charge in [0.2, 0.25) is 5.91 Å². The van der Waals surface area contributed by atoms with Crippen molar-refractivity contribution in [2.24, 2.45) is 0 Å². The number of rotatable bonds is 6. The van der Waals surface area contributed by atoms with Crippen molar-refractivity contribution in [3.63, 3.8) is 0 Å². The van der Waals surface area contributed by atoms with Gasteiger partial charge < -0.3 is 5.32 Å². The van der Waals surface area contributed by atoms with Crippen LogP contribution in [0.1, 0.15) is 18.5 Å². The maximum Gasteiger partial charge on any atom is 0.269 e. The lowest BCUT2D eigenvalue weighted by atomic mass is 10.1. The molecule has 0 saturated carbocycles. The SMILES string of the molecule is CSc1ccc(CCNC(=O)[C@H](C)n2sc3ccccc3c2=O)cc1. The minimum Gasteiger partial charge on any atom is -0.354 e. The van der Waals surface area contributed by atoms with Crippen molar-refractivity contribution in [3.05, 3.63) is 64.4 Å². The second-order valence-electron chi connectivity index (χ2n) is 5.78. The molecule has 0 bridgehead atoms. The number of nitrogens with zero attached hydrogens (tertiary/aromatic N) is 1. The predicted octanol–water partition coefficient (Wildman–Crippen LogP) is 3.70. The summed E-state index contributed by atoms with van der Waals surface area (Å²) in [5, 5.41) is 3.60. The van der Waals surface area contributed by atoms with Gasteiger partial charge >= 0.3 is 0 Å². The van der Waals surface area contributed by atoms with Crippen molar-refractivity contribution in [1.29, 1.82) is 0 Å². The second-order valence-corrected chi connectivity index (χ2v) is 7.68. The molecule has 130 valence electrons. The van der Waals surface area contributed by atoms with Gasteiger partial charge in [0.25, 0.3) is 5.56 Å². The minimum atomic E-state index is -0.510. The number of benzene rings is 2. The summed E-state index contributed by atoms with van der Waals surface area (Å²) in [6.45, 7) is 2.32. The summed E-state index contributed by atoms with van der Waals surface area (Å²) in [5.74, 6) is -0.130. The molecule has 1 amide bonds. The van der Waals surface area contributed by atoms with Gasteiger partial charge in [0, 0.05) is 11.4 Å². The highest BCUT2D eigenvalue weighted by molar-refractivity contribution is 7.98. The van der Waals surface area contributed by atoms with Gasteiger partial charge in [0.1, 0.15) is 6.04 Å². The molecule has 0 aliphatic carbocycles. The Morgan fingerprint density at radius 2 is 1.92 bits per heavy atom. The largest absolute Gasteiger partial charge is 0.354 e. The third-order valence-corrected chi connectivity index (χ3v) is 6.09. The molecule has 1 atom stereocenters. The van der Waals surface area contributed by atoms with Crippen molar-refractivity contribution in [2.45, 2.75) is 24.3 Å². The number of aromatic nitrogens is 1. The molecule has 4 nitrogen and oxygen atoms in total. The lowest BCUT2D eigenvalue weighted by Gasteiger charge is -2.12. The number of hydrogen-bond acceptors (Lipinski definition) is 4. The van der Waals surface area contributed by atoms with E-state index in [4.69, 9.17) is 0 Å². The molecule has 6 heteroatoms. The molecule has 1 heterocycles. The van der Waals surface area contributed by atoms with E-state index < -0.39 is 6.04 Å². The maximum atomic E-state index is 12.4. The zero-order valence-corrected chi connectivity index (χ0v) is 15.8. The van der Waals surface area contributed by atoms with Crippen LogP contribution in [0.25, 0.3) is 10.1 Å². The fraction of sp³-hybridized carbons (Fsp3) is 0.263. The van der Waals surface area contributed by atoms with Gasteiger partial charge in [0.05, 0.1) is 10.1 Å². The average molecular weight is 373 g/mol. The normalized spacial score (nSPS) is 12.2. The number of hydrogen-bond donors (Lipinski definition) is 1. The highest BCUT2D eigenvalue weighted by Crippen LogP contribution is 2.19. The van der Waals surface area contributed by atoms with Gasteiger partial charge in [-0.2, -0.15) is 0 Å². The Bertz CT molecular complexity index is 928. The van der Waals surface area contributed by atoms with E-state index in [1.165, 1.54) is 22.0 Å². The van der Waals surface area contributed by atoms with Gasteiger partial charge in [-0.1, -0.05) is 35.8 Å². The van der Waals surface area contributed by atoms with Gasteiger partial charge in [-0.05, 0) is 49.4 Å². The van der Waals surface area contributed by atoms with E-state index >= 15 is 0 Å². The molecule has 0 spiro atoms. The van der Waals surface area contributed by atoms with Crippen LogP contribution < -0.4 is 10.9 Å². The molecule has 3 aromatic rings. The van der Waals surface area contributed by atoms with Gasteiger partial charge in [-0.3, -0.25) is 13.5 Å². The molecule has 0 unspecified atom stereocenters. The number of carbonyl (C=O) groups is 1. The van der Waals surface area contributed by atoms with Crippen molar-refractivity contribution >= 4 is 39.3 Å². The molecule has 0 aliphatic rings. The predicted molar refractivity (Wildman–Crippen MR) is 106 cm³/mol. The van der Waals surface area contributed by atoms with Crippen molar-refractivity contribution < 1.29 is 4.79 Å². The third kappa shape index (κ3) is 3.96. The highest BCUT2D eigenvalue weighted by atomic mass is 32.2. The molecular weight excluding hydrogens is 352 g/mol. The molecular formula is C19H20N2O2S2. The summed E-state index contributed by atoms with van der Waals surface area (Å²) in [7, 11) is 0. The first-order valence-electron chi connectivity index (χ1n) is 8.11. The van der Waals surface area contributed by atoms with Crippen LogP contribution in [-0.2, 0) is 11.2 Å². The highest BCUT2D eigenvalue weighted by Gasteiger charge is 2.19. The van der Waals surface area contributed by atoms with E-state index in [0.717, 1.165) is 11.1 Å². The average Bonchev–Trinajstić information content (AvgIpc) is 2.98. The number of thioether (sulfide) groups is 1. The monoisotopic (exact) mass is 372 g/mol. The van der Waals surface area contributed by atoms with Crippen LogP contribution in [-0.4, -0.2) is 22.7 Å². The zero-order valence-electron chi connectivity index (χ0n) is 14.2. The maximum absolute atomic E-state index is 12.4. The van der Waals surface area contributed by atoms with Crippen LogP contribution in [0.4, 0.5) is 0 Å². The van der Waals surface area contributed by atoms with Crippen LogP contribution in [0.3, 0.4) is 0 Å². The molecule has 2 aromatic carbocycles. The first-order valence-corrected chi connectivity index (χ1v) is 10.1. The molecule has 0 saturated heterocycles. The van der Waals surface area contributed by atoms with Crippen LogP contribution in [0.2, 0.25) is 0 Å². The van der Waals surface area contributed by atoms with E-state index in [1.54, 1.807) is 28.7 Å². The molecule has 0 aliphatic heterocycles. The summed E-state index contributed by atoms with van der Waals surface area (Å²) < 4.78 is 2.45. The number of carbonyl (C=O) groups excluding carboxylic acids is 1. The Morgan fingerprint density at radius 3 is 2.60 bits per heavy atom. The summed E-state index contributed by atoms with van der Waals surface area (Å²) in [6, 6.07) is 15.3. The Kier molecular flexibility index (Phi) is 5.60. The molecule has 0 radical (unpaired) electrons. The van der Waals surface area contributed by atoms with E-state index in [0.29, 0.717) is 11.9 Å². The molecule has 25 heavy (non-hydrogen) atoms. The number of nitrogens with one attached hydrogen (secondary N) is 1. The fourth-order valence-electron chi connectivity index (χ4n) is 2.62. The number of amides is 1. The molecule has 3 rings (SSSR count). The summed E-state index contributed by atoms with van der Waals surface area (Å²) in [6.07, 6.45) is 2.82. The van der Waals surface area contributed by atoms with Gasteiger partial charge in [-0.25, -0.2) is 0 Å². The Labute approximate surface area is 155 Å². The van der Waals surface area contributed by atoms with E-state index in [2.05, 4.69) is 29.6 Å². The van der Waals surface area contributed by atoms with Gasteiger partial charge in [-0.15, -0.1) is 11.8 Å². The standard InChI is InChI=1S/C19H20N2O2S2/c1-13(21-19(23)16-5-3-4-6-17(16)25-21)18(22)20-12-11-14-7-9-15(24-2)10-8-14/h3-10,13H,11-12H2,1-2H3,(H,20,22)/t13-/m0/s1. The summed E-state index contributed by atoms with van der Waals surface area (Å²) in [4.78, 5) is 26.0. The molecule has 1 N–H and O–H groups in total. The van der Waals surface area contributed by atoms with Crippen LogP contribution >= 0.6 is 23.3 Å². The minimum absolute atomic E-state index is 0.101. The van der Waals surface area contributed by atoms with E-state index in [-0.39, 0.29) is 11.5 Å². The van der Waals surface area contributed by atoms with E-state index in [9.17, 15) is 9.59 Å². The smallest absolute Gasteiger partial charge is 0.269 e. The van der Waals surface area contributed by atoms with Gasteiger partial charge in [0.15, 0.2) is 0 Å². The van der Waals surface area contributed by atoms with Crippen molar-refractivity contribution in [3.8, 4) is 0 Å². The first-order chi connectivity index (χ1) is 12.1. The Morgan fingerprint density at radius 1 is 1.20 bits per heavy atom. The number of fused-ring (bicyclic) bond motifs is 1. The lowest BCUT2D eigenvalue weighted by molar-refractivity contribution is -0.123. The molecule has 1 aromatic heterocycles. The van der Waals surface area contributed by atoms with Crippen LogP contribution in [0, 0.1) is 0 Å². The second kappa shape index (κ2) is 7.89. The topological polar surface area (TPSA) is 51.1 Å². The third-order valence-electron chi connectivity index (χ3n) is 4.12. The van der Waals surface area contributed by atoms with Crippen molar-refractivity contribution in [2.75, 3.05) is 12.8 Å². The lowest BCUT2D eigenvalue weighted by Crippen LogP contribution is -2.34. The molecule has 0 fully saturated rings. The van der Waals surface area contributed by atoms with Crippen molar-refractivity contribution in [1.82, 2.24) is 9.27 Å². The quantitative estimate of drug-likeness (QED) is 0.671. The summed E-state index contributed by atoms with van der Waals surface area (Å²) >= 11 is 3.05. The first kappa shape index (κ1) is 17.8. The van der Waals surface area contributed by atoms with Crippen LogP contribution in [0.15, 0.2) is 58.2 Å². The Hall–Kier alpha value is -2.05. The van der Waals surface area contributed by atoms with E-state index in [1.807, 2.05) is 24.5 Å². The van der Waals surface area contributed by atoms with Crippen LogP contribution in [0.5, 0.6) is 0 Å². The fourth-order valence-corrected chi connectivity index (χ4v) is 4.07.